The summed E-state index contributed by atoms with van der Waals surface area (Å²) in [5, 5.41) is 0. The average molecular weight is 306 g/mol. The highest BCUT2D eigenvalue weighted by Gasteiger charge is 2.01. The highest BCUT2D eigenvalue weighted by molar-refractivity contribution is 5.86. The van der Waals surface area contributed by atoms with Crippen LogP contribution in [0.4, 0.5) is 0 Å². The summed E-state index contributed by atoms with van der Waals surface area (Å²) in [4.78, 5) is 0. The molecule has 0 saturated heterocycles. The molecular formula is C24H18. The van der Waals surface area contributed by atoms with Crippen molar-refractivity contribution in [3.05, 3.63) is 106 Å². The van der Waals surface area contributed by atoms with Gasteiger partial charge in [-0.05, 0) is 33.4 Å². The molecule has 0 heteroatoms. The lowest BCUT2D eigenvalue weighted by Crippen LogP contribution is -1.85. The smallest absolute Gasteiger partial charge is 0.0184 e. The van der Waals surface area contributed by atoms with Crippen molar-refractivity contribution in [2.75, 3.05) is 0 Å². The molecule has 0 aromatic heterocycles. The fraction of sp³-hybridized carbons (Fsp3) is 0. The number of hydrogen-bond donors (Lipinski definition) is 0. The van der Waals surface area contributed by atoms with Gasteiger partial charge in [-0.25, -0.2) is 0 Å². The van der Waals surface area contributed by atoms with E-state index in [1.165, 1.54) is 33.4 Å². The van der Waals surface area contributed by atoms with Gasteiger partial charge in [-0.3, -0.25) is 0 Å². The van der Waals surface area contributed by atoms with Crippen LogP contribution in [0.5, 0.6) is 0 Å². The van der Waals surface area contributed by atoms with Crippen LogP contribution in [-0.2, 0) is 0 Å². The van der Waals surface area contributed by atoms with E-state index in [0.29, 0.717) is 0 Å². The molecule has 0 radical (unpaired) electrons. The largest absolute Gasteiger partial charge is 0.0616 e. The van der Waals surface area contributed by atoms with E-state index in [4.69, 9.17) is 0 Å². The number of rotatable bonds is 0. The zero-order valence-electron chi connectivity index (χ0n) is 13.4. The molecule has 0 spiro atoms. The average Bonchev–Trinajstić information content (AvgIpc) is 2.64. The second-order valence-corrected chi connectivity index (χ2v) is 5.89. The molecule has 4 rings (SSSR count). The first-order valence-corrected chi connectivity index (χ1v) is 8.21. The molecule has 0 N–H and O–H groups in total. The van der Waals surface area contributed by atoms with Crippen LogP contribution < -0.4 is 0 Å². The maximum atomic E-state index is 2.19. The van der Waals surface area contributed by atoms with Gasteiger partial charge in [0.1, 0.15) is 0 Å². The molecule has 0 amide bonds. The van der Waals surface area contributed by atoms with E-state index in [2.05, 4.69) is 109 Å². The fourth-order valence-corrected chi connectivity index (χ4v) is 2.98. The van der Waals surface area contributed by atoms with Gasteiger partial charge in [-0.2, -0.15) is 0 Å². The second-order valence-electron chi connectivity index (χ2n) is 5.89. The third-order valence-electron chi connectivity index (χ3n) is 4.32. The molecule has 3 aromatic rings. The predicted molar refractivity (Wildman–Crippen MR) is 106 cm³/mol. The Balaban J connectivity index is 1.94. The van der Waals surface area contributed by atoms with Gasteiger partial charge >= 0.3 is 0 Å². The van der Waals surface area contributed by atoms with Gasteiger partial charge in [0.05, 0.1) is 0 Å². The molecule has 3 aromatic carbocycles. The van der Waals surface area contributed by atoms with Gasteiger partial charge in [0, 0.05) is 0 Å². The Morgan fingerprint density at radius 1 is 0.250 bits per heavy atom. The van der Waals surface area contributed by atoms with Crippen molar-refractivity contribution in [2.45, 2.75) is 0 Å². The van der Waals surface area contributed by atoms with Crippen LogP contribution >= 0.6 is 0 Å². The first-order valence-electron chi connectivity index (χ1n) is 8.21. The van der Waals surface area contributed by atoms with E-state index >= 15 is 0 Å². The summed E-state index contributed by atoms with van der Waals surface area (Å²) < 4.78 is 0. The van der Waals surface area contributed by atoms with E-state index in [1.54, 1.807) is 0 Å². The van der Waals surface area contributed by atoms with Crippen LogP contribution in [0.1, 0.15) is 33.4 Å². The molecular weight excluding hydrogens is 288 g/mol. The Labute approximate surface area is 143 Å². The van der Waals surface area contributed by atoms with Gasteiger partial charge in [0.15, 0.2) is 0 Å². The summed E-state index contributed by atoms with van der Waals surface area (Å²) in [7, 11) is 0. The lowest BCUT2D eigenvalue weighted by atomic mass is 9.99. The maximum absolute atomic E-state index is 2.19. The predicted octanol–water partition coefficient (Wildman–Crippen LogP) is 6.51. The summed E-state index contributed by atoms with van der Waals surface area (Å²) in [6, 6.07) is 25.5. The van der Waals surface area contributed by atoms with Crippen LogP contribution in [0.2, 0.25) is 0 Å². The van der Waals surface area contributed by atoms with Gasteiger partial charge < -0.3 is 0 Å². The summed E-state index contributed by atoms with van der Waals surface area (Å²) in [6.45, 7) is 0. The topological polar surface area (TPSA) is 0 Å². The zero-order valence-corrected chi connectivity index (χ0v) is 13.4. The highest BCUT2D eigenvalue weighted by Crippen LogP contribution is 2.22. The second kappa shape index (κ2) is 6.55. The standard InChI is InChI=1S/C24H18/c1-2-8-20-15-16-22-10-5-6-12-24(22)18-17-23-11-4-3-9-21(23)14-13-19(20)7-1/h1-18H/b14-13-,16-15-,18-17-,19-13?,20-15?,21-14?,22-16?,23-17?,24-18?. The maximum Gasteiger partial charge on any atom is -0.0184 e. The van der Waals surface area contributed by atoms with Crippen molar-refractivity contribution in [2.24, 2.45) is 0 Å². The summed E-state index contributed by atoms with van der Waals surface area (Å²) in [5.74, 6) is 0. The SMILES string of the molecule is C1=C\c2ccccc2/C=C\c2ccccc2/C=C\c2ccccc2/1. The highest BCUT2D eigenvalue weighted by atomic mass is 14.1. The van der Waals surface area contributed by atoms with Crippen LogP contribution in [0, 0.1) is 0 Å². The molecule has 24 heavy (non-hydrogen) atoms. The van der Waals surface area contributed by atoms with E-state index in [9.17, 15) is 0 Å². The molecule has 114 valence electrons. The molecule has 1 aliphatic rings. The van der Waals surface area contributed by atoms with Gasteiger partial charge in [-0.15, -0.1) is 0 Å². The Bertz CT molecular complexity index is 753. The minimum Gasteiger partial charge on any atom is -0.0616 e. The van der Waals surface area contributed by atoms with Gasteiger partial charge in [-0.1, -0.05) is 109 Å². The van der Waals surface area contributed by atoms with Crippen LogP contribution in [0.15, 0.2) is 72.8 Å². The molecule has 0 fully saturated rings. The summed E-state index contributed by atoms with van der Waals surface area (Å²) >= 11 is 0. The van der Waals surface area contributed by atoms with Crippen molar-refractivity contribution in [1.29, 1.82) is 0 Å². The Morgan fingerprint density at radius 2 is 0.417 bits per heavy atom. The van der Waals surface area contributed by atoms with Gasteiger partial charge in [0.25, 0.3) is 0 Å². The minimum atomic E-state index is 1.23. The molecule has 0 unspecified atom stereocenters. The molecule has 0 bridgehead atoms. The Morgan fingerprint density at radius 3 is 0.583 bits per heavy atom. The Hall–Kier alpha value is -3.12. The van der Waals surface area contributed by atoms with E-state index in [1.807, 2.05) is 0 Å². The van der Waals surface area contributed by atoms with Crippen molar-refractivity contribution >= 4 is 36.5 Å². The minimum absolute atomic E-state index is 1.23. The number of fused-ring (bicyclic) bond motifs is 3. The Kier molecular flexibility index (Phi) is 3.95. The molecule has 0 saturated carbocycles. The molecule has 0 nitrogen and oxygen atoms in total. The normalized spacial score (nSPS) is 16.5. The van der Waals surface area contributed by atoms with Crippen molar-refractivity contribution in [3.63, 3.8) is 0 Å². The van der Waals surface area contributed by atoms with Crippen LogP contribution in [0.25, 0.3) is 36.5 Å². The van der Waals surface area contributed by atoms with Crippen molar-refractivity contribution < 1.29 is 0 Å². The quantitative estimate of drug-likeness (QED) is 0.347. The first-order chi connectivity index (χ1) is 11.9. The number of benzene rings is 3. The molecule has 0 atom stereocenters. The van der Waals surface area contributed by atoms with E-state index in [-0.39, 0.29) is 0 Å². The number of hydrogen-bond acceptors (Lipinski definition) is 0. The monoisotopic (exact) mass is 306 g/mol. The van der Waals surface area contributed by atoms with Crippen molar-refractivity contribution in [1.82, 2.24) is 0 Å². The summed E-state index contributed by atoms with van der Waals surface area (Å²) in [5.41, 5.74) is 7.36. The van der Waals surface area contributed by atoms with Crippen LogP contribution in [0.3, 0.4) is 0 Å². The fourth-order valence-electron chi connectivity index (χ4n) is 2.98. The lowest BCUT2D eigenvalue weighted by molar-refractivity contribution is 1.58. The molecule has 0 heterocycles. The third kappa shape index (κ3) is 3.00. The summed E-state index contributed by atoms with van der Waals surface area (Å²) in [6.07, 6.45) is 13.2. The van der Waals surface area contributed by atoms with Gasteiger partial charge in [0.2, 0.25) is 0 Å². The zero-order chi connectivity index (χ0) is 16.2. The van der Waals surface area contributed by atoms with Crippen LogP contribution in [-0.4, -0.2) is 0 Å². The molecule has 0 aliphatic heterocycles. The van der Waals surface area contributed by atoms with Crippen molar-refractivity contribution in [3.8, 4) is 0 Å². The third-order valence-corrected chi connectivity index (χ3v) is 4.32. The van der Waals surface area contributed by atoms with E-state index < -0.39 is 0 Å². The molecule has 1 aliphatic carbocycles. The van der Waals surface area contributed by atoms with E-state index in [0.717, 1.165) is 0 Å². The lowest BCUT2D eigenvalue weighted by Gasteiger charge is -2.06. The first kappa shape index (κ1) is 14.5.